The molecule has 5 nitrogen and oxygen atoms in total. The van der Waals surface area contributed by atoms with E-state index < -0.39 is 35.1 Å². The number of halogens is 4. The van der Waals surface area contributed by atoms with Crippen LogP contribution in [0.25, 0.3) is 0 Å². The van der Waals surface area contributed by atoms with Gasteiger partial charge in [0.1, 0.15) is 12.1 Å². The van der Waals surface area contributed by atoms with Gasteiger partial charge in [-0.1, -0.05) is 0 Å². The van der Waals surface area contributed by atoms with E-state index in [1.807, 2.05) is 0 Å². The van der Waals surface area contributed by atoms with Crippen molar-refractivity contribution >= 4 is 23.2 Å². The number of furan rings is 1. The van der Waals surface area contributed by atoms with Crippen LogP contribution in [0.2, 0.25) is 0 Å². The van der Waals surface area contributed by atoms with E-state index in [2.05, 4.69) is 10.6 Å². The molecule has 2 aromatic carbocycles. The molecule has 0 aliphatic rings. The minimum Gasteiger partial charge on any atom is -0.472 e. The number of carbonyl (C=O) groups excluding carboxylic acids is 2. The lowest BCUT2D eigenvalue weighted by molar-refractivity contribution is -0.136. The van der Waals surface area contributed by atoms with E-state index in [9.17, 15) is 27.2 Å². The van der Waals surface area contributed by atoms with Crippen molar-refractivity contribution in [3.63, 3.8) is 0 Å². The monoisotopic (exact) mass is 392 g/mol. The van der Waals surface area contributed by atoms with Crippen molar-refractivity contribution in [2.45, 2.75) is 6.18 Å². The van der Waals surface area contributed by atoms with Gasteiger partial charge in [-0.15, -0.1) is 0 Å². The lowest BCUT2D eigenvalue weighted by atomic mass is 10.1. The normalized spacial score (nSPS) is 11.1. The zero-order valence-electron chi connectivity index (χ0n) is 14.0. The Balaban J connectivity index is 1.85. The lowest BCUT2D eigenvalue weighted by Crippen LogP contribution is -2.18. The minimum atomic E-state index is -4.79. The molecule has 0 unspecified atom stereocenters. The highest BCUT2D eigenvalue weighted by Gasteiger charge is 2.34. The highest BCUT2D eigenvalue weighted by atomic mass is 19.4. The van der Waals surface area contributed by atoms with Gasteiger partial charge < -0.3 is 15.1 Å². The van der Waals surface area contributed by atoms with Gasteiger partial charge >= 0.3 is 6.18 Å². The van der Waals surface area contributed by atoms with Crippen LogP contribution in [0.15, 0.2) is 65.5 Å². The van der Waals surface area contributed by atoms with Crippen molar-refractivity contribution in [3.8, 4) is 0 Å². The topological polar surface area (TPSA) is 71.3 Å². The molecule has 2 amide bonds. The quantitative estimate of drug-likeness (QED) is 0.618. The van der Waals surface area contributed by atoms with Gasteiger partial charge in [-0.25, -0.2) is 4.39 Å². The summed E-state index contributed by atoms with van der Waals surface area (Å²) in [5.74, 6) is -2.06. The minimum absolute atomic E-state index is 0.00754. The van der Waals surface area contributed by atoms with Gasteiger partial charge in [-0.2, -0.15) is 13.2 Å². The van der Waals surface area contributed by atoms with Crippen molar-refractivity contribution < 1.29 is 31.6 Å². The summed E-state index contributed by atoms with van der Waals surface area (Å²) in [5, 5.41) is 4.47. The van der Waals surface area contributed by atoms with Crippen LogP contribution < -0.4 is 10.6 Å². The number of rotatable bonds is 4. The molecule has 0 aliphatic carbocycles. The molecule has 1 heterocycles. The first-order valence-electron chi connectivity index (χ1n) is 7.86. The average Bonchev–Trinajstić information content (AvgIpc) is 3.17. The predicted molar refractivity (Wildman–Crippen MR) is 92.5 cm³/mol. The zero-order chi connectivity index (χ0) is 20.3. The predicted octanol–water partition coefficient (Wildman–Crippen LogP) is 4.94. The molecule has 0 saturated carbocycles. The summed E-state index contributed by atoms with van der Waals surface area (Å²) in [5.41, 5.74) is -1.62. The van der Waals surface area contributed by atoms with Gasteiger partial charge in [0.25, 0.3) is 11.8 Å². The van der Waals surface area contributed by atoms with Crippen LogP contribution in [0.1, 0.15) is 26.3 Å². The smallest absolute Gasteiger partial charge is 0.418 e. The molecule has 0 atom stereocenters. The maximum atomic E-state index is 13.4. The molecule has 144 valence electrons. The van der Waals surface area contributed by atoms with E-state index >= 15 is 0 Å². The zero-order valence-corrected chi connectivity index (χ0v) is 14.0. The van der Waals surface area contributed by atoms with E-state index in [0.717, 1.165) is 36.6 Å². The van der Waals surface area contributed by atoms with Gasteiger partial charge in [0.05, 0.1) is 23.1 Å². The summed E-state index contributed by atoms with van der Waals surface area (Å²) in [4.78, 5) is 24.1. The SMILES string of the molecule is O=C(Nc1ccc(NC(=O)c2ccc(F)cc2)c(C(F)(F)F)c1)c1ccoc1. The second kappa shape index (κ2) is 7.55. The second-order valence-corrected chi connectivity index (χ2v) is 5.69. The number of hydrogen-bond acceptors (Lipinski definition) is 3. The molecule has 0 spiro atoms. The largest absolute Gasteiger partial charge is 0.472 e. The molecule has 2 N–H and O–H groups in total. The van der Waals surface area contributed by atoms with Crippen molar-refractivity contribution in [1.82, 2.24) is 0 Å². The Hall–Kier alpha value is -3.62. The number of hydrogen-bond donors (Lipinski definition) is 2. The molecular weight excluding hydrogens is 380 g/mol. The van der Waals surface area contributed by atoms with E-state index in [1.165, 1.54) is 18.4 Å². The number of anilines is 2. The maximum Gasteiger partial charge on any atom is 0.418 e. The van der Waals surface area contributed by atoms with Crippen LogP contribution in [-0.2, 0) is 6.18 Å². The summed E-state index contributed by atoms with van der Waals surface area (Å²) in [6.45, 7) is 0. The molecule has 9 heteroatoms. The first kappa shape index (κ1) is 19.2. The average molecular weight is 392 g/mol. The molecule has 3 aromatic rings. The lowest BCUT2D eigenvalue weighted by Gasteiger charge is -2.16. The fraction of sp³-hybridized carbons (Fsp3) is 0.0526. The molecule has 0 aliphatic heterocycles. The Morgan fingerprint density at radius 2 is 1.54 bits per heavy atom. The van der Waals surface area contributed by atoms with Gasteiger partial charge in [0.15, 0.2) is 0 Å². The Labute approximate surface area is 156 Å². The Bertz CT molecular complexity index is 997. The summed E-state index contributed by atoms with van der Waals surface area (Å²) < 4.78 is 57.9. The summed E-state index contributed by atoms with van der Waals surface area (Å²) in [6.07, 6.45) is -2.39. The Morgan fingerprint density at radius 3 is 2.14 bits per heavy atom. The Morgan fingerprint density at radius 1 is 0.857 bits per heavy atom. The maximum absolute atomic E-state index is 13.4. The molecule has 0 radical (unpaired) electrons. The first-order valence-corrected chi connectivity index (χ1v) is 7.86. The number of benzene rings is 2. The van der Waals surface area contributed by atoms with Gasteiger partial charge in [0, 0.05) is 11.3 Å². The second-order valence-electron chi connectivity index (χ2n) is 5.69. The molecular formula is C19H12F4N2O3. The summed E-state index contributed by atoms with van der Waals surface area (Å²) in [7, 11) is 0. The van der Waals surface area contributed by atoms with Gasteiger partial charge in [0.2, 0.25) is 0 Å². The van der Waals surface area contributed by atoms with Gasteiger partial charge in [-0.3, -0.25) is 9.59 Å². The molecule has 0 saturated heterocycles. The summed E-state index contributed by atoms with van der Waals surface area (Å²) in [6, 6.07) is 8.65. The van der Waals surface area contributed by atoms with Gasteiger partial charge in [-0.05, 0) is 48.5 Å². The molecule has 0 fully saturated rings. The van der Waals surface area contributed by atoms with Crippen molar-refractivity contribution in [2.24, 2.45) is 0 Å². The highest BCUT2D eigenvalue weighted by molar-refractivity contribution is 6.06. The van der Waals surface area contributed by atoms with Crippen LogP contribution in [0.5, 0.6) is 0 Å². The van der Waals surface area contributed by atoms with E-state index in [-0.39, 0.29) is 16.8 Å². The van der Waals surface area contributed by atoms with E-state index in [4.69, 9.17) is 4.42 Å². The van der Waals surface area contributed by atoms with Crippen LogP contribution in [-0.4, -0.2) is 11.8 Å². The third kappa shape index (κ3) is 4.37. The van der Waals surface area contributed by atoms with Crippen LogP contribution in [0.3, 0.4) is 0 Å². The standard InChI is InChI=1S/C19H12F4N2O3/c20-13-3-1-11(2-4-13)17(26)25-16-6-5-14(9-15(16)19(21,22)23)24-18(27)12-7-8-28-10-12/h1-10H,(H,24,27)(H,25,26). The van der Waals surface area contributed by atoms with Crippen molar-refractivity contribution in [1.29, 1.82) is 0 Å². The highest BCUT2D eigenvalue weighted by Crippen LogP contribution is 2.37. The first-order chi connectivity index (χ1) is 13.2. The number of carbonyl (C=O) groups is 2. The fourth-order valence-electron chi connectivity index (χ4n) is 2.36. The van der Waals surface area contributed by atoms with Crippen LogP contribution >= 0.6 is 0 Å². The van der Waals surface area contributed by atoms with Crippen molar-refractivity contribution in [3.05, 3.63) is 83.6 Å². The molecule has 3 rings (SSSR count). The van der Waals surface area contributed by atoms with Crippen molar-refractivity contribution in [2.75, 3.05) is 10.6 Å². The summed E-state index contributed by atoms with van der Waals surface area (Å²) >= 11 is 0. The molecule has 28 heavy (non-hydrogen) atoms. The van der Waals surface area contributed by atoms with Crippen LogP contribution in [0.4, 0.5) is 28.9 Å². The molecule has 0 bridgehead atoms. The van der Waals surface area contributed by atoms with Crippen LogP contribution in [0, 0.1) is 5.82 Å². The number of nitrogens with one attached hydrogen (secondary N) is 2. The van der Waals surface area contributed by atoms with E-state index in [1.54, 1.807) is 0 Å². The number of alkyl halides is 3. The van der Waals surface area contributed by atoms with E-state index in [0.29, 0.717) is 6.07 Å². The third-order valence-electron chi connectivity index (χ3n) is 3.72. The Kier molecular flexibility index (Phi) is 5.16. The molecule has 1 aromatic heterocycles. The third-order valence-corrected chi connectivity index (χ3v) is 3.72. The number of amides is 2. The fourth-order valence-corrected chi connectivity index (χ4v) is 2.36.